The van der Waals surface area contributed by atoms with Crippen molar-refractivity contribution in [1.29, 1.82) is 0 Å². The Morgan fingerprint density at radius 3 is 2.85 bits per heavy atom. The number of nitrogens with zero attached hydrogens (tertiary/aromatic N) is 2. The van der Waals surface area contributed by atoms with Crippen molar-refractivity contribution in [2.45, 2.75) is 13.0 Å². The highest BCUT2D eigenvalue weighted by Gasteiger charge is 2.13. The molecule has 27 heavy (non-hydrogen) atoms. The minimum absolute atomic E-state index is 0. The number of aromatic amines is 1. The predicted octanol–water partition coefficient (Wildman–Crippen LogP) is 4.70. The van der Waals surface area contributed by atoms with Gasteiger partial charge in [0.1, 0.15) is 5.84 Å². The van der Waals surface area contributed by atoms with Crippen LogP contribution in [0, 0.1) is 0 Å². The number of aliphatic imine (C=N–C) groups is 1. The van der Waals surface area contributed by atoms with Gasteiger partial charge in [-0.15, -0.1) is 36.2 Å². The van der Waals surface area contributed by atoms with E-state index >= 15 is 0 Å². The van der Waals surface area contributed by atoms with Crippen molar-refractivity contribution in [3.05, 3.63) is 64.0 Å². The van der Waals surface area contributed by atoms with Gasteiger partial charge < -0.3 is 15.6 Å². The van der Waals surface area contributed by atoms with Gasteiger partial charge in [0.15, 0.2) is 0 Å². The summed E-state index contributed by atoms with van der Waals surface area (Å²) in [5.41, 5.74) is 11.2. The highest BCUT2D eigenvalue weighted by Crippen LogP contribution is 2.29. The number of rotatable bonds is 4. The van der Waals surface area contributed by atoms with E-state index in [9.17, 15) is 0 Å². The molecule has 0 atom stereocenters. The summed E-state index contributed by atoms with van der Waals surface area (Å²) in [6.07, 6.45) is 5.57. The lowest BCUT2D eigenvalue weighted by molar-refractivity contribution is 0.370. The molecule has 1 aliphatic rings. The zero-order valence-electron chi connectivity index (χ0n) is 15.1. The molecule has 4 nitrogen and oxygen atoms in total. The second-order valence-corrected chi connectivity index (χ2v) is 7.45. The Bertz CT molecular complexity index is 944. The van der Waals surface area contributed by atoms with Crippen LogP contribution in [0.25, 0.3) is 16.5 Å². The standard InChI is InChI=1S/C20H22N4S.2ClH/c1-24-8-6-15(7-9-24)17-13-22-18-5-4-14(11-16(17)18)12-23-20(21)19-3-2-10-25-19;;/h2-6,10-11,13,22H,7-9,12H2,1H3,(H2,21,23);2*1H. The van der Waals surface area contributed by atoms with E-state index in [4.69, 9.17) is 5.73 Å². The van der Waals surface area contributed by atoms with Gasteiger partial charge in [-0.1, -0.05) is 18.2 Å². The number of hydrogen-bond donors (Lipinski definition) is 2. The zero-order chi connectivity index (χ0) is 17.2. The van der Waals surface area contributed by atoms with E-state index in [1.165, 1.54) is 27.6 Å². The van der Waals surface area contributed by atoms with E-state index in [2.05, 4.69) is 52.4 Å². The first-order chi connectivity index (χ1) is 12.2. The van der Waals surface area contributed by atoms with Gasteiger partial charge in [0.25, 0.3) is 0 Å². The van der Waals surface area contributed by atoms with E-state index in [0.717, 1.165) is 24.4 Å². The van der Waals surface area contributed by atoms with Gasteiger partial charge in [-0.3, -0.25) is 4.99 Å². The lowest BCUT2D eigenvalue weighted by atomic mass is 9.98. The smallest absolute Gasteiger partial charge is 0.136 e. The first-order valence-corrected chi connectivity index (χ1v) is 9.40. The monoisotopic (exact) mass is 422 g/mol. The highest BCUT2D eigenvalue weighted by molar-refractivity contribution is 7.12. The van der Waals surface area contributed by atoms with Crippen LogP contribution in [0.5, 0.6) is 0 Å². The molecular formula is C20H24Cl2N4S. The molecular weight excluding hydrogens is 399 g/mol. The topological polar surface area (TPSA) is 57.4 Å². The fourth-order valence-corrected chi connectivity index (χ4v) is 3.87. The summed E-state index contributed by atoms with van der Waals surface area (Å²) in [5.74, 6) is 0.613. The number of aromatic nitrogens is 1. The summed E-state index contributed by atoms with van der Waals surface area (Å²) in [4.78, 5) is 11.3. The number of halogens is 2. The molecule has 0 aliphatic carbocycles. The van der Waals surface area contributed by atoms with Crippen LogP contribution in [-0.2, 0) is 6.54 Å². The van der Waals surface area contributed by atoms with Crippen molar-refractivity contribution >= 4 is 58.5 Å². The molecule has 144 valence electrons. The van der Waals surface area contributed by atoms with Crippen molar-refractivity contribution in [3.63, 3.8) is 0 Å². The summed E-state index contributed by atoms with van der Waals surface area (Å²) in [5, 5.41) is 3.30. The van der Waals surface area contributed by atoms with Crippen molar-refractivity contribution in [3.8, 4) is 0 Å². The molecule has 3 heterocycles. The Balaban J connectivity index is 0.00000131. The van der Waals surface area contributed by atoms with Crippen molar-refractivity contribution in [2.75, 3.05) is 20.1 Å². The van der Waals surface area contributed by atoms with E-state index < -0.39 is 0 Å². The molecule has 0 amide bonds. The fraction of sp³-hybridized carbons (Fsp3) is 0.250. The van der Waals surface area contributed by atoms with Crippen LogP contribution in [0.15, 0.2) is 53.0 Å². The van der Waals surface area contributed by atoms with Gasteiger partial charge in [-0.25, -0.2) is 0 Å². The van der Waals surface area contributed by atoms with Crippen molar-refractivity contribution in [2.24, 2.45) is 10.7 Å². The lowest BCUT2D eigenvalue weighted by Gasteiger charge is -2.21. The molecule has 0 radical (unpaired) electrons. The molecule has 3 N–H and O–H groups in total. The normalized spacial score (nSPS) is 15.1. The average molecular weight is 423 g/mol. The Morgan fingerprint density at radius 1 is 1.30 bits per heavy atom. The average Bonchev–Trinajstić information content (AvgIpc) is 3.30. The molecule has 1 aliphatic heterocycles. The van der Waals surface area contributed by atoms with Crippen molar-refractivity contribution in [1.82, 2.24) is 9.88 Å². The third kappa shape index (κ3) is 4.74. The SMILES string of the molecule is CN1CC=C(c2c[nH]c3ccc(CN=C(N)c4cccs4)cc23)CC1.Cl.Cl. The molecule has 0 saturated heterocycles. The lowest BCUT2D eigenvalue weighted by Crippen LogP contribution is -2.23. The van der Waals surface area contributed by atoms with Crippen molar-refractivity contribution < 1.29 is 0 Å². The Hall–Kier alpha value is -1.79. The molecule has 7 heteroatoms. The van der Waals surface area contributed by atoms with Gasteiger partial charge >= 0.3 is 0 Å². The number of nitrogens with one attached hydrogen (secondary N) is 1. The molecule has 0 bridgehead atoms. The predicted molar refractivity (Wildman–Crippen MR) is 122 cm³/mol. The molecule has 3 aromatic rings. The van der Waals surface area contributed by atoms with Gasteiger partial charge in [0.05, 0.1) is 11.4 Å². The number of amidine groups is 1. The molecule has 0 spiro atoms. The summed E-state index contributed by atoms with van der Waals surface area (Å²) in [7, 11) is 2.16. The number of fused-ring (bicyclic) bond motifs is 1. The number of hydrogen-bond acceptors (Lipinski definition) is 3. The summed E-state index contributed by atoms with van der Waals surface area (Å²) in [6.45, 7) is 2.73. The maximum atomic E-state index is 6.08. The van der Waals surface area contributed by atoms with E-state index in [-0.39, 0.29) is 24.8 Å². The molecule has 1 aromatic carbocycles. The first-order valence-electron chi connectivity index (χ1n) is 8.52. The van der Waals surface area contributed by atoms with E-state index in [1.807, 2.05) is 17.5 Å². The molecule has 0 unspecified atom stereocenters. The van der Waals surface area contributed by atoms with E-state index in [0.29, 0.717) is 12.4 Å². The third-order valence-electron chi connectivity index (χ3n) is 4.71. The fourth-order valence-electron chi connectivity index (χ4n) is 3.23. The number of H-pyrrole nitrogens is 1. The van der Waals surface area contributed by atoms with Crippen LogP contribution >= 0.6 is 36.2 Å². The number of benzene rings is 1. The zero-order valence-corrected chi connectivity index (χ0v) is 17.6. The molecule has 0 saturated carbocycles. The first kappa shape index (κ1) is 21.5. The maximum Gasteiger partial charge on any atom is 0.136 e. The van der Waals surface area contributed by atoms with Crippen LogP contribution in [0.2, 0.25) is 0 Å². The molecule has 0 fully saturated rings. The Kier molecular flexibility index (Phi) is 7.50. The van der Waals surface area contributed by atoms with Crippen LogP contribution in [-0.4, -0.2) is 35.9 Å². The van der Waals surface area contributed by atoms with Gasteiger partial charge in [0, 0.05) is 35.8 Å². The second kappa shape index (κ2) is 9.42. The van der Waals surface area contributed by atoms with E-state index in [1.54, 1.807) is 11.3 Å². The van der Waals surface area contributed by atoms with Gasteiger partial charge in [0.2, 0.25) is 0 Å². The number of likely N-dealkylation sites (N-methyl/N-ethyl adjacent to an activating group) is 1. The second-order valence-electron chi connectivity index (χ2n) is 6.50. The molecule has 4 rings (SSSR count). The summed E-state index contributed by atoms with van der Waals surface area (Å²) >= 11 is 1.62. The Morgan fingerprint density at radius 2 is 2.15 bits per heavy atom. The highest BCUT2D eigenvalue weighted by atomic mass is 35.5. The van der Waals surface area contributed by atoms with Crippen LogP contribution in [0.1, 0.15) is 22.4 Å². The quantitative estimate of drug-likeness (QED) is 0.472. The van der Waals surface area contributed by atoms with Crippen LogP contribution in [0.4, 0.5) is 0 Å². The largest absolute Gasteiger partial charge is 0.383 e. The van der Waals surface area contributed by atoms with Crippen LogP contribution in [0.3, 0.4) is 0 Å². The Labute approximate surface area is 176 Å². The minimum Gasteiger partial charge on any atom is -0.383 e. The number of thiophene rings is 1. The summed E-state index contributed by atoms with van der Waals surface area (Å²) < 4.78 is 0. The van der Waals surface area contributed by atoms with Crippen LogP contribution < -0.4 is 5.73 Å². The third-order valence-corrected chi connectivity index (χ3v) is 5.60. The van der Waals surface area contributed by atoms with Gasteiger partial charge in [-0.05, 0) is 48.2 Å². The number of nitrogens with two attached hydrogens (primary N) is 1. The van der Waals surface area contributed by atoms with Gasteiger partial charge in [-0.2, -0.15) is 0 Å². The summed E-state index contributed by atoms with van der Waals surface area (Å²) in [6, 6.07) is 10.5. The minimum atomic E-state index is 0. The molecule has 2 aromatic heterocycles. The maximum absolute atomic E-state index is 6.08.